The van der Waals surface area contributed by atoms with E-state index in [2.05, 4.69) is 27.0 Å². The maximum atomic E-state index is 13.5. The molecule has 0 radical (unpaired) electrons. The van der Waals surface area contributed by atoms with Crippen molar-refractivity contribution in [3.63, 3.8) is 0 Å². The molecule has 11 heteroatoms. The lowest BCUT2D eigenvalue weighted by Gasteiger charge is -2.48. The molecular weight excluding hydrogens is 650 g/mol. The maximum Gasteiger partial charge on any atom is 0.337 e. The van der Waals surface area contributed by atoms with Gasteiger partial charge in [-0.15, -0.1) is 0 Å². The van der Waals surface area contributed by atoms with Crippen LogP contribution in [0.3, 0.4) is 0 Å². The number of aryl methyl sites for hydroxylation is 1. The summed E-state index contributed by atoms with van der Waals surface area (Å²) in [7, 11) is -0.452. The summed E-state index contributed by atoms with van der Waals surface area (Å²) < 4.78 is 45.0. The number of halogens is 1. The number of rotatable bonds is 8. The summed E-state index contributed by atoms with van der Waals surface area (Å²) in [5.41, 5.74) is 3.74. The number of ether oxygens (including phenoxy) is 3. The Bertz CT molecular complexity index is 1760. The van der Waals surface area contributed by atoms with Gasteiger partial charge < -0.3 is 19.1 Å². The molecule has 2 unspecified atom stereocenters. The van der Waals surface area contributed by atoms with E-state index in [1.807, 2.05) is 18.2 Å². The number of methoxy groups -OCH3 is 2. The smallest absolute Gasteiger partial charge is 0.337 e. The zero-order valence-corrected chi connectivity index (χ0v) is 29.2. The second kappa shape index (κ2) is 13.6. The molecule has 9 nitrogen and oxygen atoms in total. The van der Waals surface area contributed by atoms with Crippen LogP contribution in [-0.4, -0.2) is 69.6 Å². The summed E-state index contributed by atoms with van der Waals surface area (Å²) in [6.45, 7) is 2.07. The Morgan fingerprint density at radius 3 is 2.67 bits per heavy atom. The Balaban J connectivity index is 1.16. The fourth-order valence-electron chi connectivity index (χ4n) is 8.96. The summed E-state index contributed by atoms with van der Waals surface area (Å²) >= 11 is 6.45. The largest absolute Gasteiger partial charge is 0.490 e. The number of carbonyl (C=O) groups excluding carboxylic acids is 1. The first-order valence-corrected chi connectivity index (χ1v) is 19.1. The van der Waals surface area contributed by atoms with E-state index in [0.717, 1.165) is 74.5 Å². The van der Waals surface area contributed by atoms with Gasteiger partial charge >= 0.3 is 5.97 Å². The van der Waals surface area contributed by atoms with Gasteiger partial charge in [-0.2, -0.15) is 0 Å². The minimum absolute atomic E-state index is 0.0472. The van der Waals surface area contributed by atoms with E-state index in [1.165, 1.54) is 30.6 Å². The van der Waals surface area contributed by atoms with Crippen LogP contribution in [-0.2, 0) is 31.1 Å². The van der Waals surface area contributed by atoms with Gasteiger partial charge in [0.2, 0.25) is 15.0 Å². The molecular formula is C37H44ClN3O6S. The molecule has 256 valence electrons. The average Bonchev–Trinajstić information content (AvgIpc) is 3.25. The van der Waals surface area contributed by atoms with Gasteiger partial charge in [0, 0.05) is 43.0 Å². The number of carbonyl (C=O) groups is 1. The number of esters is 1. The van der Waals surface area contributed by atoms with Gasteiger partial charge in [-0.1, -0.05) is 24.1 Å². The molecule has 48 heavy (non-hydrogen) atoms. The standard InChI is InChI=1S/C37H44ClN3O6S/c1-45-34(25-6-3-8-29(19-25)48(43,44)36-39-16-5-17-40-36)30-12-9-27(30)21-41-22-37(15-4-7-24-18-28(38)11-13-31(24)37)23-47-33-14-10-26(20-32(33)41)35(42)46-2/h5,10-11,13-14,16-18,20,25,27,29-30,34H,3-4,6-9,12,15,19,21-23H2,1-2H3/t25-,27-,29-,30+,34?,37?/m0/s1. The zero-order chi connectivity index (χ0) is 33.5. The molecule has 0 saturated heterocycles. The summed E-state index contributed by atoms with van der Waals surface area (Å²) in [5, 5.41) is 0.154. The molecule has 1 aliphatic heterocycles. The number of hydrogen-bond acceptors (Lipinski definition) is 9. The topological polar surface area (TPSA) is 108 Å². The highest BCUT2D eigenvalue weighted by molar-refractivity contribution is 7.91. The van der Waals surface area contributed by atoms with E-state index < -0.39 is 15.1 Å². The third-order valence-electron chi connectivity index (χ3n) is 11.5. The summed E-state index contributed by atoms with van der Waals surface area (Å²) in [6, 6.07) is 13.5. The van der Waals surface area contributed by atoms with Gasteiger partial charge in [-0.3, -0.25) is 0 Å². The summed E-state index contributed by atoms with van der Waals surface area (Å²) in [4.78, 5) is 23.2. The SMILES string of the molecule is COC(=O)c1ccc2c(c1)N(C[C@@H]1CC[C@H]1C(OC)[C@H]1CCC[C@H](S(=O)(=O)c3ncccn3)C1)CC1(CCCc3cc(Cl)ccc31)CO2. The zero-order valence-electron chi connectivity index (χ0n) is 27.6. The van der Waals surface area contributed by atoms with E-state index in [9.17, 15) is 13.2 Å². The third-order valence-corrected chi connectivity index (χ3v) is 13.7. The van der Waals surface area contributed by atoms with Crippen LogP contribution in [0.4, 0.5) is 5.69 Å². The lowest BCUT2D eigenvalue weighted by Crippen LogP contribution is -2.51. The molecule has 0 bridgehead atoms. The number of anilines is 1. The van der Waals surface area contributed by atoms with Crippen LogP contribution in [0.15, 0.2) is 60.0 Å². The van der Waals surface area contributed by atoms with E-state index in [-0.39, 0.29) is 28.6 Å². The number of aromatic nitrogens is 2. The minimum Gasteiger partial charge on any atom is -0.490 e. The van der Waals surface area contributed by atoms with Crippen molar-refractivity contribution >= 4 is 33.1 Å². The van der Waals surface area contributed by atoms with Crippen LogP contribution in [0.2, 0.25) is 5.02 Å². The highest BCUT2D eigenvalue weighted by atomic mass is 35.5. The molecule has 2 fully saturated rings. The van der Waals surface area contributed by atoms with E-state index >= 15 is 0 Å². The maximum absolute atomic E-state index is 13.5. The van der Waals surface area contributed by atoms with Crippen molar-refractivity contribution in [3.8, 4) is 5.75 Å². The minimum atomic E-state index is -3.63. The molecule has 3 aliphatic carbocycles. The van der Waals surface area contributed by atoms with E-state index in [0.29, 0.717) is 36.8 Å². The quantitative estimate of drug-likeness (QED) is 0.194. The van der Waals surface area contributed by atoms with Crippen molar-refractivity contribution in [2.75, 3.05) is 38.8 Å². The van der Waals surface area contributed by atoms with Crippen molar-refractivity contribution in [2.45, 2.75) is 79.7 Å². The molecule has 2 heterocycles. The molecule has 6 atom stereocenters. The number of fused-ring (bicyclic) bond motifs is 3. The first-order valence-electron chi connectivity index (χ1n) is 17.1. The van der Waals surface area contributed by atoms with Crippen molar-refractivity contribution < 1.29 is 27.4 Å². The van der Waals surface area contributed by atoms with Crippen molar-refractivity contribution in [1.29, 1.82) is 0 Å². The van der Waals surface area contributed by atoms with Crippen molar-refractivity contribution in [1.82, 2.24) is 9.97 Å². The fourth-order valence-corrected chi connectivity index (χ4v) is 10.8. The first-order chi connectivity index (χ1) is 23.2. The van der Waals surface area contributed by atoms with Gasteiger partial charge in [-0.25, -0.2) is 23.2 Å². The average molecular weight is 694 g/mol. The predicted molar refractivity (Wildman–Crippen MR) is 184 cm³/mol. The molecule has 0 N–H and O–H groups in total. The first kappa shape index (κ1) is 33.3. The number of sulfone groups is 1. The second-order valence-corrected chi connectivity index (χ2v) is 16.7. The Morgan fingerprint density at radius 2 is 1.92 bits per heavy atom. The molecule has 4 aliphatic rings. The van der Waals surface area contributed by atoms with Gasteiger partial charge in [0.05, 0.1) is 36.3 Å². The van der Waals surface area contributed by atoms with Crippen LogP contribution < -0.4 is 9.64 Å². The summed E-state index contributed by atoms with van der Waals surface area (Å²) in [5.74, 6) is 1.15. The second-order valence-electron chi connectivity index (χ2n) is 14.1. The van der Waals surface area contributed by atoms with Gasteiger partial charge in [0.25, 0.3) is 0 Å². The number of benzene rings is 2. The van der Waals surface area contributed by atoms with Gasteiger partial charge in [0.1, 0.15) is 5.75 Å². The van der Waals surface area contributed by atoms with Gasteiger partial charge in [-0.05, 0) is 117 Å². The molecule has 3 aromatic rings. The Kier molecular flexibility index (Phi) is 9.43. The molecule has 7 rings (SSSR count). The molecule has 0 amide bonds. The fraction of sp³-hybridized carbons (Fsp3) is 0.541. The molecule has 1 aromatic heterocycles. The molecule has 2 saturated carbocycles. The van der Waals surface area contributed by atoms with Crippen LogP contribution in [0.25, 0.3) is 0 Å². The Morgan fingerprint density at radius 1 is 1.08 bits per heavy atom. The third kappa shape index (κ3) is 6.20. The van der Waals surface area contributed by atoms with Crippen molar-refractivity contribution in [3.05, 3.63) is 76.6 Å². The van der Waals surface area contributed by atoms with Gasteiger partial charge in [0.15, 0.2) is 0 Å². The molecule has 2 aromatic carbocycles. The Hall–Kier alpha value is -3.21. The van der Waals surface area contributed by atoms with Crippen LogP contribution in [0, 0.1) is 17.8 Å². The highest BCUT2D eigenvalue weighted by Crippen LogP contribution is 2.48. The molecule has 1 spiro atoms. The predicted octanol–water partition coefficient (Wildman–Crippen LogP) is 6.46. The highest BCUT2D eigenvalue weighted by Gasteiger charge is 2.47. The lowest BCUT2D eigenvalue weighted by molar-refractivity contribution is -0.0589. The van der Waals surface area contributed by atoms with E-state index in [4.69, 9.17) is 25.8 Å². The number of hydrogen-bond donors (Lipinski definition) is 0. The number of nitrogens with zero attached hydrogens (tertiary/aromatic N) is 3. The van der Waals surface area contributed by atoms with Crippen LogP contribution in [0.1, 0.15) is 72.9 Å². The normalized spacial score (nSPS) is 27.5. The lowest BCUT2D eigenvalue weighted by atomic mass is 9.65. The van der Waals surface area contributed by atoms with Crippen LogP contribution >= 0.6 is 11.6 Å². The van der Waals surface area contributed by atoms with E-state index in [1.54, 1.807) is 19.2 Å². The monoisotopic (exact) mass is 693 g/mol. The summed E-state index contributed by atoms with van der Waals surface area (Å²) in [6.07, 6.45) is 11.0. The van der Waals surface area contributed by atoms with Crippen molar-refractivity contribution in [2.24, 2.45) is 17.8 Å². The van der Waals surface area contributed by atoms with Crippen LogP contribution in [0.5, 0.6) is 5.75 Å². The Labute approximate surface area is 288 Å².